The van der Waals surface area contributed by atoms with Crippen molar-refractivity contribution in [2.24, 2.45) is 0 Å². The molecule has 0 saturated carbocycles. The van der Waals surface area contributed by atoms with Gasteiger partial charge in [-0.2, -0.15) is 15.5 Å². The van der Waals surface area contributed by atoms with Crippen molar-refractivity contribution in [2.45, 2.75) is 89.5 Å². The molecule has 11 nitrogen and oxygen atoms in total. The third kappa shape index (κ3) is 8.81. The predicted octanol–water partition coefficient (Wildman–Crippen LogP) is 10.2. The second kappa shape index (κ2) is 18.7. The first-order chi connectivity index (χ1) is 30.6. The Morgan fingerprint density at radius 3 is 1.60 bits per heavy atom. The highest BCUT2D eigenvalue weighted by molar-refractivity contribution is 9.10. The topological polar surface area (TPSA) is 139 Å². The van der Waals surface area contributed by atoms with Crippen molar-refractivity contribution in [1.29, 1.82) is 5.26 Å². The Hall–Kier alpha value is -4.47. The molecular weight excluding hydrogens is 1000 g/mol. The van der Waals surface area contributed by atoms with Crippen LogP contribution in [-0.2, 0) is 46.5 Å². The maximum Gasteiger partial charge on any atom is 0.270 e. The van der Waals surface area contributed by atoms with Gasteiger partial charge in [-0.05, 0) is 89.8 Å². The minimum atomic E-state index is -2.95. The van der Waals surface area contributed by atoms with Crippen LogP contribution in [0.4, 0.5) is 17.6 Å². The summed E-state index contributed by atoms with van der Waals surface area (Å²) in [5.74, 6) is -0.427. The zero-order chi connectivity index (χ0) is 47.4. The first-order valence-corrected chi connectivity index (χ1v) is 22.5. The number of hydrogen-bond acceptors (Lipinski definition) is 7. The van der Waals surface area contributed by atoms with Gasteiger partial charge in [0.1, 0.15) is 17.3 Å². The third-order valence-corrected chi connectivity index (χ3v) is 14.6. The molecule has 4 aromatic heterocycles. The van der Waals surface area contributed by atoms with E-state index in [9.17, 15) is 42.6 Å². The van der Waals surface area contributed by atoms with Gasteiger partial charge in [-0.3, -0.25) is 9.59 Å². The number of nitrogens with zero attached hydrogens (tertiary/aromatic N) is 7. The summed E-state index contributed by atoms with van der Waals surface area (Å²) in [6.07, 6.45) is 0.725. The van der Waals surface area contributed by atoms with Gasteiger partial charge in [0.15, 0.2) is 0 Å². The first-order valence-electron chi connectivity index (χ1n) is 20.2. The molecule has 65 heavy (non-hydrogen) atoms. The number of hydrogen-bond donors (Lipinski definition) is 2. The Kier molecular flexibility index (Phi) is 13.9. The molecule has 20 heteroatoms. The van der Waals surface area contributed by atoms with E-state index in [1.54, 1.807) is 38.7 Å². The SMILES string of the molecule is C[C@H]1c2cccc(C(C)(O)C(F)F)c2CCN1C(=O)Cc1c(Cl)c(Br)cn2ncc(Cl)c12.C[C@H]1c2cccc(C(C)(O)C(F)F)c2CCN1C(=O)Cc1c(Cl)c(C#N)cn2ncc(Cl)c12. The molecule has 2 aliphatic rings. The molecule has 2 aromatic carbocycles. The Morgan fingerprint density at radius 1 is 0.769 bits per heavy atom. The summed E-state index contributed by atoms with van der Waals surface area (Å²) in [5.41, 5.74) is 0.716. The molecule has 0 fully saturated rings. The standard InChI is InChI=1S/C23H20Cl2F2N4O2.C22H20BrCl2F2N3O2/c1-12-14-4-3-5-17(23(2,33)22(26)27)15(14)6-7-30(12)19(32)8-16-20(25)13(9-28)11-31-21(16)18(24)10-29-31;1-11-12-4-3-5-15(22(2,32)21(26)27)13(12)6-7-29(11)18(31)8-14-19(25)16(23)10-30-20(14)17(24)9-28-30/h3-5,10-12,22,33H,6-8H2,1-2H3;3-5,9-11,21,32H,6-8H2,1-2H3/t12-,23?;11-,22?/m00/s1. The number of carbonyl (C=O) groups excluding carboxylic acids is 2. The number of benzene rings is 2. The number of pyridine rings is 2. The zero-order valence-electron chi connectivity index (χ0n) is 35.1. The number of fused-ring (bicyclic) bond motifs is 4. The highest BCUT2D eigenvalue weighted by atomic mass is 79.9. The number of halogens is 9. The number of aromatic nitrogens is 4. The van der Waals surface area contributed by atoms with Crippen LogP contribution in [0, 0.1) is 11.3 Å². The van der Waals surface area contributed by atoms with Crippen LogP contribution in [0.3, 0.4) is 0 Å². The lowest BCUT2D eigenvalue weighted by atomic mass is 9.83. The van der Waals surface area contributed by atoms with E-state index < -0.39 is 30.1 Å². The van der Waals surface area contributed by atoms with E-state index in [-0.39, 0.29) is 59.0 Å². The Bertz CT molecular complexity index is 2900. The molecule has 0 spiro atoms. The van der Waals surface area contributed by atoms with Crippen LogP contribution in [-0.4, -0.2) is 77.0 Å². The summed E-state index contributed by atoms with van der Waals surface area (Å²) >= 11 is 28.8. The largest absolute Gasteiger partial charge is 0.379 e. The maximum absolute atomic E-state index is 13.5. The van der Waals surface area contributed by atoms with Crippen molar-refractivity contribution in [3.63, 3.8) is 0 Å². The summed E-state index contributed by atoms with van der Waals surface area (Å²) < 4.78 is 57.5. The number of alkyl halides is 4. The molecule has 0 radical (unpaired) electrons. The third-order valence-electron chi connectivity index (χ3n) is 12.4. The summed E-state index contributed by atoms with van der Waals surface area (Å²) in [5, 5.41) is 39.6. The maximum atomic E-state index is 13.5. The molecule has 0 aliphatic carbocycles. The first kappa shape index (κ1) is 48.5. The molecule has 6 aromatic rings. The monoisotopic (exact) mass is 1040 g/mol. The van der Waals surface area contributed by atoms with E-state index in [0.717, 1.165) is 19.4 Å². The van der Waals surface area contributed by atoms with Crippen LogP contribution in [0.5, 0.6) is 0 Å². The van der Waals surface area contributed by atoms with Gasteiger partial charge in [0.25, 0.3) is 12.9 Å². The molecule has 6 heterocycles. The number of nitriles is 1. The van der Waals surface area contributed by atoms with Gasteiger partial charge >= 0.3 is 0 Å². The molecule has 2 amide bonds. The predicted molar refractivity (Wildman–Crippen MR) is 242 cm³/mol. The number of aliphatic hydroxyl groups is 2. The van der Waals surface area contributed by atoms with Gasteiger partial charge in [-0.15, -0.1) is 0 Å². The van der Waals surface area contributed by atoms with Crippen molar-refractivity contribution >= 4 is 85.2 Å². The second-order valence-corrected chi connectivity index (χ2v) is 18.7. The van der Waals surface area contributed by atoms with E-state index in [0.29, 0.717) is 77.8 Å². The Balaban J connectivity index is 0.000000194. The van der Waals surface area contributed by atoms with E-state index in [1.165, 1.54) is 35.2 Å². The van der Waals surface area contributed by atoms with Crippen LogP contribution in [0.1, 0.15) is 89.8 Å². The van der Waals surface area contributed by atoms with Crippen molar-refractivity contribution in [2.75, 3.05) is 13.1 Å². The molecule has 2 aliphatic heterocycles. The van der Waals surface area contributed by atoms with Crippen molar-refractivity contribution in [3.05, 3.63) is 136 Å². The van der Waals surface area contributed by atoms with Gasteiger partial charge < -0.3 is 20.0 Å². The molecule has 0 saturated heterocycles. The van der Waals surface area contributed by atoms with Gasteiger partial charge in [-0.25, -0.2) is 26.6 Å². The smallest absolute Gasteiger partial charge is 0.270 e. The summed E-state index contributed by atoms with van der Waals surface area (Å²) in [7, 11) is 0. The molecule has 0 bridgehead atoms. The molecule has 4 atom stereocenters. The van der Waals surface area contributed by atoms with Crippen LogP contribution in [0.25, 0.3) is 11.0 Å². The summed E-state index contributed by atoms with van der Waals surface area (Å²) in [4.78, 5) is 30.0. The van der Waals surface area contributed by atoms with Gasteiger partial charge in [-0.1, -0.05) is 82.8 Å². The highest BCUT2D eigenvalue weighted by Gasteiger charge is 2.41. The summed E-state index contributed by atoms with van der Waals surface area (Å²) in [6, 6.07) is 11.1. The van der Waals surface area contributed by atoms with Crippen LogP contribution in [0.15, 0.2) is 65.7 Å². The minimum absolute atomic E-state index is 0.00129. The van der Waals surface area contributed by atoms with E-state index >= 15 is 0 Å². The number of carbonyl (C=O) groups is 2. The van der Waals surface area contributed by atoms with E-state index in [2.05, 4.69) is 26.1 Å². The van der Waals surface area contributed by atoms with Crippen LogP contribution < -0.4 is 0 Å². The van der Waals surface area contributed by atoms with Crippen molar-refractivity contribution < 1.29 is 37.4 Å². The van der Waals surface area contributed by atoms with Crippen molar-refractivity contribution in [1.82, 2.24) is 29.0 Å². The lowest BCUT2D eigenvalue weighted by Gasteiger charge is -2.38. The summed E-state index contributed by atoms with van der Waals surface area (Å²) in [6.45, 7) is 6.48. The van der Waals surface area contributed by atoms with Gasteiger partial charge in [0, 0.05) is 36.6 Å². The fourth-order valence-corrected chi connectivity index (χ4v) is 10.2. The molecule has 8 rings (SSSR count). The van der Waals surface area contributed by atoms with Gasteiger partial charge in [0.2, 0.25) is 11.8 Å². The Morgan fingerprint density at radius 2 is 1.18 bits per heavy atom. The average molecular weight is 1040 g/mol. The van der Waals surface area contributed by atoms with Gasteiger partial charge in [0.05, 0.1) is 78.5 Å². The fourth-order valence-electron chi connectivity index (χ4n) is 8.81. The fraction of sp³-hybridized carbons (Fsp3) is 0.356. The molecular formula is C45H40BrCl4F4N7O4. The number of amides is 2. The minimum Gasteiger partial charge on any atom is -0.379 e. The second-order valence-electron chi connectivity index (χ2n) is 16.3. The van der Waals surface area contributed by atoms with Crippen molar-refractivity contribution in [3.8, 4) is 6.07 Å². The lowest BCUT2D eigenvalue weighted by molar-refractivity contribution is -0.133. The lowest BCUT2D eigenvalue weighted by Crippen LogP contribution is -2.41. The molecule has 2 N–H and O–H groups in total. The van der Waals surface area contributed by atoms with Crippen LogP contribution in [0.2, 0.25) is 20.1 Å². The van der Waals surface area contributed by atoms with E-state index in [4.69, 9.17) is 46.4 Å². The van der Waals surface area contributed by atoms with Crippen LogP contribution >= 0.6 is 62.3 Å². The quantitative estimate of drug-likeness (QED) is 0.145. The number of rotatable bonds is 8. The highest BCUT2D eigenvalue weighted by Crippen LogP contribution is 2.41. The normalized spacial score (nSPS) is 17.9. The zero-order valence-corrected chi connectivity index (χ0v) is 39.7. The van der Waals surface area contributed by atoms with E-state index in [1.807, 2.05) is 26.0 Å². The molecule has 2 unspecified atom stereocenters. The average Bonchev–Trinajstić information content (AvgIpc) is 3.83. The molecule has 342 valence electrons. The Labute approximate surface area is 399 Å².